The number of rotatable bonds is 8. The van der Waals surface area contributed by atoms with E-state index in [1.54, 1.807) is 22.9 Å². The minimum absolute atomic E-state index is 0.131. The molecule has 0 aliphatic carbocycles. The summed E-state index contributed by atoms with van der Waals surface area (Å²) in [7, 11) is 2.90. The molecule has 0 unspecified atom stereocenters. The Morgan fingerprint density at radius 2 is 1.88 bits per heavy atom. The van der Waals surface area contributed by atoms with Gasteiger partial charge >= 0.3 is 5.97 Å². The minimum atomic E-state index is -0.359. The van der Waals surface area contributed by atoms with Gasteiger partial charge in [-0.15, -0.1) is 0 Å². The normalized spacial score (nSPS) is 10.6. The molecule has 0 aliphatic heterocycles. The van der Waals surface area contributed by atoms with Crippen molar-refractivity contribution in [3.05, 3.63) is 46.2 Å². The van der Waals surface area contributed by atoms with Crippen LogP contribution in [0.25, 0.3) is 5.69 Å². The van der Waals surface area contributed by atoms with Crippen molar-refractivity contribution in [1.29, 1.82) is 0 Å². The SMILES string of the molecule is COCCN(CCC(=O)OC)C(=O)c1cnn(-c2ccc(Br)cc2)c1C. The molecule has 0 saturated heterocycles. The Labute approximate surface area is 161 Å². The van der Waals surface area contributed by atoms with Gasteiger partial charge in [0.15, 0.2) is 0 Å². The second kappa shape index (κ2) is 9.49. The van der Waals surface area contributed by atoms with Crippen molar-refractivity contribution in [3.63, 3.8) is 0 Å². The molecule has 8 heteroatoms. The number of carbonyl (C=O) groups is 2. The zero-order valence-corrected chi connectivity index (χ0v) is 16.7. The van der Waals surface area contributed by atoms with Gasteiger partial charge in [0.25, 0.3) is 5.91 Å². The molecular formula is C18H22BrN3O4. The van der Waals surface area contributed by atoms with Crippen molar-refractivity contribution in [2.75, 3.05) is 33.9 Å². The van der Waals surface area contributed by atoms with E-state index in [2.05, 4.69) is 25.8 Å². The molecule has 0 bridgehead atoms. The van der Waals surface area contributed by atoms with Crippen molar-refractivity contribution in [3.8, 4) is 5.69 Å². The third-order valence-corrected chi connectivity index (χ3v) is 4.51. The first-order chi connectivity index (χ1) is 12.5. The van der Waals surface area contributed by atoms with Crippen molar-refractivity contribution < 1.29 is 19.1 Å². The lowest BCUT2D eigenvalue weighted by atomic mass is 10.2. The molecule has 0 N–H and O–H groups in total. The van der Waals surface area contributed by atoms with Crippen molar-refractivity contribution >= 4 is 27.8 Å². The zero-order chi connectivity index (χ0) is 19.1. The number of ether oxygens (including phenoxy) is 2. The summed E-state index contributed by atoms with van der Waals surface area (Å²) in [6.45, 7) is 2.87. The Bertz CT molecular complexity index is 758. The van der Waals surface area contributed by atoms with Crippen LogP contribution in [0.4, 0.5) is 0 Å². The highest BCUT2D eigenvalue weighted by Gasteiger charge is 2.22. The van der Waals surface area contributed by atoms with E-state index in [1.165, 1.54) is 7.11 Å². The van der Waals surface area contributed by atoms with Crippen molar-refractivity contribution in [1.82, 2.24) is 14.7 Å². The fourth-order valence-electron chi connectivity index (χ4n) is 2.48. The van der Waals surface area contributed by atoms with Crippen LogP contribution in [0.15, 0.2) is 34.9 Å². The van der Waals surface area contributed by atoms with Gasteiger partial charge in [0.05, 0.1) is 43.3 Å². The van der Waals surface area contributed by atoms with Gasteiger partial charge in [0.1, 0.15) is 0 Å². The molecule has 2 rings (SSSR count). The summed E-state index contributed by atoms with van der Waals surface area (Å²) in [4.78, 5) is 25.9. The highest BCUT2D eigenvalue weighted by molar-refractivity contribution is 9.10. The van der Waals surface area contributed by atoms with Crippen LogP contribution in [0.3, 0.4) is 0 Å². The Morgan fingerprint density at radius 3 is 2.50 bits per heavy atom. The second-order valence-corrected chi connectivity index (χ2v) is 6.56. The molecule has 0 fully saturated rings. The van der Waals surface area contributed by atoms with E-state index in [-0.39, 0.29) is 24.8 Å². The minimum Gasteiger partial charge on any atom is -0.469 e. The molecule has 140 valence electrons. The van der Waals surface area contributed by atoms with Gasteiger partial charge in [-0.3, -0.25) is 9.59 Å². The van der Waals surface area contributed by atoms with Crippen LogP contribution in [0.5, 0.6) is 0 Å². The second-order valence-electron chi connectivity index (χ2n) is 5.64. The van der Waals surface area contributed by atoms with Gasteiger partial charge in [0, 0.05) is 24.7 Å². The molecule has 1 aromatic heterocycles. The van der Waals surface area contributed by atoms with Crippen LogP contribution >= 0.6 is 15.9 Å². The Kier molecular flexibility index (Phi) is 7.35. The van der Waals surface area contributed by atoms with Crippen LogP contribution in [0.2, 0.25) is 0 Å². The monoisotopic (exact) mass is 423 g/mol. The number of amides is 1. The largest absolute Gasteiger partial charge is 0.469 e. The number of benzene rings is 1. The number of hydrogen-bond acceptors (Lipinski definition) is 5. The summed E-state index contributed by atoms with van der Waals surface area (Å²) >= 11 is 3.40. The number of nitrogens with zero attached hydrogens (tertiary/aromatic N) is 3. The van der Waals surface area contributed by atoms with Crippen LogP contribution in [-0.2, 0) is 14.3 Å². The average molecular weight is 424 g/mol. The number of aromatic nitrogens is 2. The number of halogens is 1. The van der Waals surface area contributed by atoms with Crippen LogP contribution < -0.4 is 0 Å². The molecular weight excluding hydrogens is 402 g/mol. The molecule has 1 heterocycles. The zero-order valence-electron chi connectivity index (χ0n) is 15.1. The Morgan fingerprint density at radius 1 is 1.19 bits per heavy atom. The van der Waals surface area contributed by atoms with Crippen molar-refractivity contribution in [2.45, 2.75) is 13.3 Å². The van der Waals surface area contributed by atoms with Gasteiger partial charge in [-0.1, -0.05) is 15.9 Å². The highest BCUT2D eigenvalue weighted by atomic mass is 79.9. The quantitative estimate of drug-likeness (QED) is 0.610. The first kappa shape index (κ1) is 20.1. The molecule has 1 aromatic carbocycles. The smallest absolute Gasteiger partial charge is 0.307 e. The summed E-state index contributed by atoms with van der Waals surface area (Å²) in [5.41, 5.74) is 2.09. The fraction of sp³-hybridized carbons (Fsp3) is 0.389. The number of carbonyl (C=O) groups excluding carboxylic acids is 2. The first-order valence-electron chi connectivity index (χ1n) is 8.13. The molecule has 0 atom stereocenters. The molecule has 0 radical (unpaired) electrons. The average Bonchev–Trinajstić information content (AvgIpc) is 3.03. The van der Waals surface area contributed by atoms with Crippen LogP contribution in [0, 0.1) is 6.92 Å². The van der Waals surface area contributed by atoms with E-state index in [1.807, 2.05) is 31.2 Å². The summed E-state index contributed by atoms with van der Waals surface area (Å²) in [5.74, 6) is -0.547. The number of methoxy groups -OCH3 is 2. The van der Waals surface area contributed by atoms with E-state index in [4.69, 9.17) is 4.74 Å². The third kappa shape index (κ3) is 4.92. The van der Waals surface area contributed by atoms with E-state index in [0.717, 1.165) is 15.9 Å². The van der Waals surface area contributed by atoms with Gasteiger partial charge in [0.2, 0.25) is 0 Å². The Hall–Kier alpha value is -2.19. The maximum Gasteiger partial charge on any atom is 0.307 e. The molecule has 0 saturated carbocycles. The maximum absolute atomic E-state index is 12.9. The Balaban J connectivity index is 2.22. The standard InChI is InChI=1S/C18H22BrN3O4/c1-13-16(12-20-22(13)15-6-4-14(19)5-7-15)18(24)21(10-11-25-2)9-8-17(23)26-3/h4-7,12H,8-11H2,1-3H3. The highest BCUT2D eigenvalue weighted by Crippen LogP contribution is 2.18. The molecule has 2 aromatic rings. The van der Waals surface area contributed by atoms with E-state index >= 15 is 0 Å². The summed E-state index contributed by atoms with van der Waals surface area (Å²) in [5, 5.41) is 4.34. The van der Waals surface area contributed by atoms with Gasteiger partial charge in [-0.05, 0) is 31.2 Å². The van der Waals surface area contributed by atoms with E-state index < -0.39 is 0 Å². The molecule has 7 nitrogen and oxygen atoms in total. The molecule has 26 heavy (non-hydrogen) atoms. The maximum atomic E-state index is 12.9. The molecule has 0 spiro atoms. The van der Waals surface area contributed by atoms with E-state index in [0.29, 0.717) is 18.7 Å². The van der Waals surface area contributed by atoms with Gasteiger partial charge in [-0.2, -0.15) is 5.10 Å². The lowest BCUT2D eigenvalue weighted by Gasteiger charge is -2.21. The van der Waals surface area contributed by atoms with Crippen molar-refractivity contribution in [2.24, 2.45) is 0 Å². The predicted molar refractivity (Wildman–Crippen MR) is 100 cm³/mol. The van der Waals surface area contributed by atoms with Gasteiger partial charge < -0.3 is 14.4 Å². The summed E-state index contributed by atoms with van der Waals surface area (Å²) in [6, 6.07) is 7.66. The van der Waals surface area contributed by atoms with E-state index in [9.17, 15) is 9.59 Å². The lowest BCUT2D eigenvalue weighted by Crippen LogP contribution is -2.36. The molecule has 0 aliphatic rings. The fourth-order valence-corrected chi connectivity index (χ4v) is 2.74. The van der Waals surface area contributed by atoms with Crippen LogP contribution in [-0.4, -0.2) is 60.5 Å². The third-order valence-electron chi connectivity index (χ3n) is 3.98. The predicted octanol–water partition coefficient (Wildman–Crippen LogP) is 2.59. The number of hydrogen-bond donors (Lipinski definition) is 0. The summed E-state index contributed by atoms with van der Waals surface area (Å²) in [6.07, 6.45) is 1.68. The number of esters is 1. The molecule has 1 amide bonds. The summed E-state index contributed by atoms with van der Waals surface area (Å²) < 4.78 is 12.4. The van der Waals surface area contributed by atoms with Gasteiger partial charge in [-0.25, -0.2) is 4.68 Å². The van der Waals surface area contributed by atoms with Crippen LogP contribution in [0.1, 0.15) is 22.5 Å². The topological polar surface area (TPSA) is 73.7 Å². The lowest BCUT2D eigenvalue weighted by molar-refractivity contribution is -0.140. The first-order valence-corrected chi connectivity index (χ1v) is 8.92.